The normalized spacial score (nSPS) is 11.9. The molecule has 6 nitrogen and oxygen atoms in total. The summed E-state index contributed by atoms with van der Waals surface area (Å²) in [6.45, 7) is 11.1. The lowest BCUT2D eigenvalue weighted by atomic mass is 10.1. The lowest BCUT2D eigenvalue weighted by molar-refractivity contribution is -0.119. The van der Waals surface area contributed by atoms with Gasteiger partial charge in [0.05, 0.1) is 11.8 Å². The number of nitrogens with one attached hydrogen (secondary N) is 1. The van der Waals surface area contributed by atoms with Gasteiger partial charge in [-0.05, 0) is 57.5 Å². The molecule has 1 heterocycles. The number of carbonyl (C=O) groups is 1. The van der Waals surface area contributed by atoms with Crippen LogP contribution in [0.1, 0.15) is 39.3 Å². The number of carbonyl (C=O) groups excluding carboxylic acids is 1. The Bertz CT molecular complexity index is 967. The van der Waals surface area contributed by atoms with Crippen molar-refractivity contribution in [2.75, 3.05) is 23.7 Å². The predicted molar refractivity (Wildman–Crippen MR) is 128 cm³/mol. The minimum atomic E-state index is -0.0294. The van der Waals surface area contributed by atoms with E-state index in [1.54, 1.807) is 0 Å². The molecule has 164 valence electrons. The molecular formula is C24H31N5OS. The number of aromatic nitrogens is 3. The van der Waals surface area contributed by atoms with E-state index in [0.29, 0.717) is 5.75 Å². The molecule has 0 aliphatic carbocycles. The van der Waals surface area contributed by atoms with E-state index < -0.39 is 0 Å². The molecule has 1 atom stereocenters. The Hall–Kier alpha value is -2.80. The average Bonchev–Trinajstić information content (AvgIpc) is 3.22. The average molecular weight is 438 g/mol. The third-order valence-corrected chi connectivity index (χ3v) is 6.26. The zero-order valence-electron chi connectivity index (χ0n) is 18.7. The molecule has 3 aromatic rings. The number of nitrogens with zero attached hydrogens (tertiary/aromatic N) is 4. The summed E-state index contributed by atoms with van der Waals surface area (Å²) in [4.78, 5) is 14.8. The fourth-order valence-electron chi connectivity index (χ4n) is 3.54. The van der Waals surface area contributed by atoms with Crippen molar-refractivity contribution in [2.24, 2.45) is 0 Å². The number of hydrogen-bond donors (Lipinski definition) is 1. The van der Waals surface area contributed by atoms with E-state index in [1.165, 1.54) is 17.4 Å². The molecule has 0 spiro atoms. The highest BCUT2D eigenvalue weighted by Gasteiger charge is 2.16. The Morgan fingerprint density at radius 2 is 1.71 bits per heavy atom. The molecule has 0 radical (unpaired) electrons. The minimum absolute atomic E-state index is 0.0165. The Kier molecular flexibility index (Phi) is 8.12. The van der Waals surface area contributed by atoms with Crippen LogP contribution in [0.3, 0.4) is 0 Å². The fourth-order valence-corrected chi connectivity index (χ4v) is 4.36. The maximum atomic E-state index is 12.4. The van der Waals surface area contributed by atoms with Gasteiger partial charge in [-0.25, -0.2) is 0 Å². The standard InChI is InChI=1S/C24H31N5OS/c1-5-28(6-2)21-15-13-20(14-16-21)23-26-27-24(29(23)7-3)31-17-22(30)25-18(4)19-11-9-8-10-12-19/h8-16,18H,5-7,17H2,1-4H3,(H,25,30). The third-order valence-electron chi connectivity index (χ3n) is 5.30. The van der Waals surface area contributed by atoms with Crippen molar-refractivity contribution in [1.29, 1.82) is 0 Å². The lowest BCUT2D eigenvalue weighted by Gasteiger charge is -2.21. The molecule has 1 N–H and O–H groups in total. The summed E-state index contributed by atoms with van der Waals surface area (Å²) in [6, 6.07) is 18.4. The van der Waals surface area contributed by atoms with Gasteiger partial charge in [-0.2, -0.15) is 0 Å². The first kappa shape index (κ1) is 22.9. The largest absolute Gasteiger partial charge is 0.372 e. The van der Waals surface area contributed by atoms with Crippen LogP contribution in [0.25, 0.3) is 11.4 Å². The number of benzene rings is 2. The summed E-state index contributed by atoms with van der Waals surface area (Å²) in [5, 5.41) is 12.6. The third kappa shape index (κ3) is 5.67. The van der Waals surface area contributed by atoms with E-state index in [0.717, 1.165) is 41.7 Å². The number of amides is 1. The summed E-state index contributed by atoms with van der Waals surface area (Å²) in [6.07, 6.45) is 0. The quantitative estimate of drug-likeness (QED) is 0.463. The minimum Gasteiger partial charge on any atom is -0.372 e. The summed E-state index contributed by atoms with van der Waals surface area (Å²) in [7, 11) is 0. The van der Waals surface area contributed by atoms with Crippen molar-refractivity contribution >= 4 is 23.4 Å². The van der Waals surface area contributed by atoms with Gasteiger partial charge in [-0.1, -0.05) is 42.1 Å². The van der Waals surface area contributed by atoms with Crippen LogP contribution in [0.5, 0.6) is 0 Å². The van der Waals surface area contributed by atoms with Crippen molar-refractivity contribution in [3.8, 4) is 11.4 Å². The first-order valence-electron chi connectivity index (χ1n) is 10.8. The molecule has 1 unspecified atom stereocenters. The zero-order valence-corrected chi connectivity index (χ0v) is 19.5. The molecule has 1 amide bonds. The molecule has 2 aromatic carbocycles. The van der Waals surface area contributed by atoms with Crippen LogP contribution in [-0.2, 0) is 11.3 Å². The van der Waals surface area contributed by atoms with Crippen LogP contribution in [-0.4, -0.2) is 39.5 Å². The molecule has 0 bridgehead atoms. The van der Waals surface area contributed by atoms with Crippen molar-refractivity contribution < 1.29 is 4.79 Å². The number of thioether (sulfide) groups is 1. The Morgan fingerprint density at radius 3 is 2.32 bits per heavy atom. The summed E-state index contributed by atoms with van der Waals surface area (Å²) >= 11 is 1.42. The summed E-state index contributed by atoms with van der Waals surface area (Å²) in [5.74, 6) is 1.11. The van der Waals surface area contributed by atoms with E-state index in [-0.39, 0.29) is 11.9 Å². The van der Waals surface area contributed by atoms with Crippen molar-refractivity contribution in [3.63, 3.8) is 0 Å². The molecule has 3 rings (SSSR count). The highest BCUT2D eigenvalue weighted by Crippen LogP contribution is 2.26. The second-order valence-electron chi connectivity index (χ2n) is 7.26. The second-order valence-corrected chi connectivity index (χ2v) is 8.20. The van der Waals surface area contributed by atoms with E-state index in [2.05, 4.69) is 70.0 Å². The van der Waals surface area contributed by atoms with Gasteiger partial charge in [-0.15, -0.1) is 10.2 Å². The lowest BCUT2D eigenvalue weighted by Crippen LogP contribution is -2.28. The maximum Gasteiger partial charge on any atom is 0.230 e. The second kappa shape index (κ2) is 11.0. The van der Waals surface area contributed by atoms with Crippen molar-refractivity contribution in [2.45, 2.75) is 45.4 Å². The predicted octanol–water partition coefficient (Wildman–Crippen LogP) is 4.78. The Morgan fingerprint density at radius 1 is 1.03 bits per heavy atom. The van der Waals surface area contributed by atoms with E-state index in [4.69, 9.17) is 0 Å². The van der Waals surface area contributed by atoms with Crippen molar-refractivity contribution in [1.82, 2.24) is 20.1 Å². The van der Waals surface area contributed by atoms with Gasteiger partial charge < -0.3 is 14.8 Å². The smallest absolute Gasteiger partial charge is 0.230 e. The Labute approximate surface area is 189 Å². The van der Waals surface area contributed by atoms with Gasteiger partial charge in [0.25, 0.3) is 0 Å². The van der Waals surface area contributed by atoms with Crippen LogP contribution >= 0.6 is 11.8 Å². The molecule has 0 aliphatic heterocycles. The van der Waals surface area contributed by atoms with Crippen LogP contribution in [0, 0.1) is 0 Å². The molecule has 0 saturated heterocycles. The molecule has 31 heavy (non-hydrogen) atoms. The number of rotatable bonds is 10. The van der Waals surface area contributed by atoms with Gasteiger partial charge in [0.1, 0.15) is 0 Å². The van der Waals surface area contributed by atoms with Crippen LogP contribution in [0.15, 0.2) is 59.8 Å². The number of hydrogen-bond acceptors (Lipinski definition) is 5. The monoisotopic (exact) mass is 437 g/mol. The molecule has 1 aromatic heterocycles. The van der Waals surface area contributed by atoms with Gasteiger partial charge in [0, 0.05) is 30.9 Å². The highest BCUT2D eigenvalue weighted by atomic mass is 32.2. The van der Waals surface area contributed by atoms with Crippen LogP contribution in [0.2, 0.25) is 0 Å². The van der Waals surface area contributed by atoms with E-state index in [9.17, 15) is 4.79 Å². The first-order valence-corrected chi connectivity index (χ1v) is 11.8. The summed E-state index contributed by atoms with van der Waals surface area (Å²) < 4.78 is 2.06. The van der Waals surface area contributed by atoms with Crippen molar-refractivity contribution in [3.05, 3.63) is 60.2 Å². The molecule has 0 fully saturated rings. The molecule has 0 aliphatic rings. The number of anilines is 1. The fraction of sp³-hybridized carbons (Fsp3) is 0.375. The Balaban J connectivity index is 1.65. The topological polar surface area (TPSA) is 63.1 Å². The summed E-state index contributed by atoms with van der Waals surface area (Å²) in [5.41, 5.74) is 3.32. The first-order chi connectivity index (χ1) is 15.1. The maximum absolute atomic E-state index is 12.4. The van der Waals surface area contributed by atoms with Gasteiger partial charge >= 0.3 is 0 Å². The highest BCUT2D eigenvalue weighted by molar-refractivity contribution is 7.99. The van der Waals surface area contributed by atoms with Gasteiger partial charge in [0.2, 0.25) is 5.91 Å². The van der Waals surface area contributed by atoms with E-state index >= 15 is 0 Å². The van der Waals surface area contributed by atoms with E-state index in [1.807, 2.05) is 37.3 Å². The zero-order chi connectivity index (χ0) is 22.2. The molecular weight excluding hydrogens is 406 g/mol. The van der Waals surface area contributed by atoms with Gasteiger partial charge in [-0.3, -0.25) is 4.79 Å². The van der Waals surface area contributed by atoms with Gasteiger partial charge in [0.15, 0.2) is 11.0 Å². The van der Waals surface area contributed by atoms with Crippen LogP contribution < -0.4 is 10.2 Å². The SMILES string of the molecule is CCN(CC)c1ccc(-c2nnc(SCC(=O)NC(C)c3ccccc3)n2CC)cc1. The molecule has 7 heteroatoms. The van der Waals surface area contributed by atoms with Crippen LogP contribution in [0.4, 0.5) is 5.69 Å². The molecule has 0 saturated carbocycles.